The molecule has 0 unspecified atom stereocenters. The van der Waals surface area contributed by atoms with Crippen LogP contribution in [0, 0.1) is 0 Å². The molecule has 23 heavy (non-hydrogen) atoms. The number of hydrogen-bond donors (Lipinski definition) is 1. The van der Waals surface area contributed by atoms with E-state index in [-0.39, 0.29) is 24.4 Å². The lowest BCUT2D eigenvalue weighted by molar-refractivity contribution is 0.0655. The van der Waals surface area contributed by atoms with Gasteiger partial charge in [-0.2, -0.15) is 0 Å². The number of carbonyl (C=O) groups excluding carboxylic acids is 1. The first kappa shape index (κ1) is 18.1. The van der Waals surface area contributed by atoms with E-state index in [1.165, 1.54) is 19.3 Å². The van der Waals surface area contributed by atoms with Gasteiger partial charge in [0.2, 0.25) is 0 Å². The zero-order chi connectivity index (χ0) is 15.4. The quantitative estimate of drug-likeness (QED) is 0.919. The predicted molar refractivity (Wildman–Crippen MR) is 94.6 cm³/mol. The highest BCUT2D eigenvalue weighted by molar-refractivity contribution is 5.94. The van der Waals surface area contributed by atoms with Crippen LogP contribution in [0.1, 0.15) is 49.4 Å². The fraction of sp³-hybridized carbons (Fsp3) is 0.611. The highest BCUT2D eigenvalue weighted by atomic mass is 35.5. The third kappa shape index (κ3) is 4.61. The summed E-state index contributed by atoms with van der Waals surface area (Å²) in [5.74, 6) is 1.01. The summed E-state index contributed by atoms with van der Waals surface area (Å²) in [6.07, 6.45) is 6.52. The van der Waals surface area contributed by atoms with E-state index < -0.39 is 0 Å². The minimum Gasteiger partial charge on any atom is -0.490 e. The van der Waals surface area contributed by atoms with E-state index in [4.69, 9.17) is 4.74 Å². The van der Waals surface area contributed by atoms with Crippen molar-refractivity contribution in [3.05, 3.63) is 29.8 Å². The van der Waals surface area contributed by atoms with Crippen LogP contribution in [0.3, 0.4) is 0 Å². The van der Waals surface area contributed by atoms with E-state index in [9.17, 15) is 4.79 Å². The molecule has 4 nitrogen and oxygen atoms in total. The topological polar surface area (TPSA) is 41.6 Å². The fourth-order valence-electron chi connectivity index (χ4n) is 3.36. The highest BCUT2D eigenvalue weighted by Crippen LogP contribution is 2.24. The smallest absolute Gasteiger partial charge is 0.254 e. The van der Waals surface area contributed by atoms with Gasteiger partial charge in [-0.1, -0.05) is 6.42 Å². The first-order valence-corrected chi connectivity index (χ1v) is 8.52. The number of rotatable bonds is 3. The van der Waals surface area contributed by atoms with Crippen LogP contribution < -0.4 is 10.1 Å². The Morgan fingerprint density at radius 3 is 2.52 bits per heavy atom. The number of piperazine rings is 1. The van der Waals surface area contributed by atoms with Crippen molar-refractivity contribution in [2.45, 2.75) is 51.2 Å². The maximum absolute atomic E-state index is 12.6. The Bertz CT molecular complexity index is 500. The lowest BCUT2D eigenvalue weighted by atomic mass is 9.98. The van der Waals surface area contributed by atoms with Gasteiger partial charge in [-0.25, -0.2) is 0 Å². The molecule has 1 saturated carbocycles. The van der Waals surface area contributed by atoms with Crippen molar-refractivity contribution in [1.82, 2.24) is 10.2 Å². The van der Waals surface area contributed by atoms with Crippen LogP contribution in [0.2, 0.25) is 0 Å². The molecular weight excluding hydrogens is 312 g/mol. The summed E-state index contributed by atoms with van der Waals surface area (Å²) < 4.78 is 6.02. The minimum atomic E-state index is 0. The molecule has 1 atom stereocenters. The summed E-state index contributed by atoms with van der Waals surface area (Å²) in [6, 6.07) is 7.92. The Labute approximate surface area is 145 Å². The van der Waals surface area contributed by atoms with Gasteiger partial charge < -0.3 is 15.0 Å². The van der Waals surface area contributed by atoms with Crippen molar-refractivity contribution in [3.8, 4) is 5.75 Å². The van der Waals surface area contributed by atoms with E-state index >= 15 is 0 Å². The van der Waals surface area contributed by atoms with Crippen molar-refractivity contribution in [1.29, 1.82) is 0 Å². The standard InChI is InChI=1S/C18H26N2O2.ClH/c1-14-13-19-11-12-20(14)18(21)15-7-9-17(10-8-15)22-16-5-3-2-4-6-16;/h7-10,14,16,19H,2-6,11-13H2,1H3;1H/t14-;/m0./s1. The largest absolute Gasteiger partial charge is 0.490 e. The average molecular weight is 339 g/mol. The summed E-state index contributed by atoms with van der Waals surface area (Å²) in [4.78, 5) is 14.5. The van der Waals surface area contributed by atoms with Crippen LogP contribution in [-0.2, 0) is 0 Å². The fourth-order valence-corrected chi connectivity index (χ4v) is 3.36. The maximum atomic E-state index is 12.6. The summed E-state index contributed by atoms with van der Waals surface area (Å²) in [6.45, 7) is 4.61. The molecule has 5 heteroatoms. The molecule has 1 N–H and O–H groups in total. The van der Waals surface area contributed by atoms with Crippen LogP contribution in [0.25, 0.3) is 0 Å². The average Bonchev–Trinajstić information content (AvgIpc) is 2.56. The molecule has 0 bridgehead atoms. The van der Waals surface area contributed by atoms with Gasteiger partial charge in [0.05, 0.1) is 6.10 Å². The van der Waals surface area contributed by atoms with Crippen LogP contribution in [0.4, 0.5) is 0 Å². The Kier molecular flexibility index (Phi) is 6.72. The molecule has 128 valence electrons. The summed E-state index contributed by atoms with van der Waals surface area (Å²) in [5.41, 5.74) is 0.754. The molecular formula is C18H27ClN2O2. The van der Waals surface area contributed by atoms with E-state index in [0.29, 0.717) is 6.10 Å². The zero-order valence-corrected chi connectivity index (χ0v) is 14.6. The van der Waals surface area contributed by atoms with E-state index in [1.807, 2.05) is 29.2 Å². The second-order valence-corrected chi connectivity index (χ2v) is 6.45. The molecule has 1 aliphatic heterocycles. The van der Waals surface area contributed by atoms with Gasteiger partial charge in [0.25, 0.3) is 5.91 Å². The van der Waals surface area contributed by atoms with Gasteiger partial charge in [-0.05, 0) is 56.9 Å². The SMILES string of the molecule is C[C@H]1CNCCN1C(=O)c1ccc(OC2CCCCC2)cc1.Cl. The lowest BCUT2D eigenvalue weighted by Crippen LogP contribution is -2.52. The molecule has 0 spiro atoms. The molecule has 1 aromatic carbocycles. The molecule has 1 aliphatic carbocycles. The number of nitrogens with zero attached hydrogens (tertiary/aromatic N) is 1. The highest BCUT2D eigenvalue weighted by Gasteiger charge is 2.24. The Balaban J connectivity index is 0.00000192. The van der Waals surface area contributed by atoms with Gasteiger partial charge in [0.1, 0.15) is 5.75 Å². The predicted octanol–water partition coefficient (Wildman–Crippen LogP) is 3.25. The van der Waals surface area contributed by atoms with Gasteiger partial charge in [-0.15, -0.1) is 12.4 Å². The van der Waals surface area contributed by atoms with Crippen molar-refractivity contribution in [2.75, 3.05) is 19.6 Å². The van der Waals surface area contributed by atoms with Gasteiger partial charge in [-0.3, -0.25) is 4.79 Å². The van der Waals surface area contributed by atoms with Crippen LogP contribution in [-0.4, -0.2) is 42.6 Å². The summed E-state index contributed by atoms with van der Waals surface area (Å²) in [7, 11) is 0. The number of carbonyl (C=O) groups is 1. The third-order valence-electron chi connectivity index (χ3n) is 4.72. The Morgan fingerprint density at radius 2 is 1.87 bits per heavy atom. The zero-order valence-electron chi connectivity index (χ0n) is 13.8. The van der Waals surface area contributed by atoms with Crippen molar-refractivity contribution < 1.29 is 9.53 Å². The second kappa shape index (κ2) is 8.55. The molecule has 1 saturated heterocycles. The number of amides is 1. The van der Waals surface area contributed by atoms with Crippen LogP contribution in [0.15, 0.2) is 24.3 Å². The molecule has 0 radical (unpaired) electrons. The summed E-state index contributed by atoms with van der Waals surface area (Å²) in [5, 5.41) is 3.31. The van der Waals surface area contributed by atoms with Crippen molar-refractivity contribution >= 4 is 18.3 Å². The molecule has 2 aliphatic rings. The molecule has 1 heterocycles. The van der Waals surface area contributed by atoms with Gasteiger partial charge in [0, 0.05) is 31.2 Å². The minimum absolute atomic E-state index is 0. The number of ether oxygens (including phenoxy) is 1. The van der Waals surface area contributed by atoms with E-state index in [2.05, 4.69) is 12.2 Å². The number of benzene rings is 1. The maximum Gasteiger partial charge on any atom is 0.254 e. The first-order chi connectivity index (χ1) is 10.7. The molecule has 2 fully saturated rings. The van der Waals surface area contributed by atoms with Gasteiger partial charge >= 0.3 is 0 Å². The molecule has 0 aromatic heterocycles. The van der Waals surface area contributed by atoms with Crippen molar-refractivity contribution in [2.24, 2.45) is 0 Å². The monoisotopic (exact) mass is 338 g/mol. The normalized spacial score (nSPS) is 22.3. The van der Waals surface area contributed by atoms with E-state index in [0.717, 1.165) is 43.8 Å². The van der Waals surface area contributed by atoms with Crippen molar-refractivity contribution in [3.63, 3.8) is 0 Å². The number of nitrogens with one attached hydrogen (secondary N) is 1. The molecule has 1 amide bonds. The van der Waals surface area contributed by atoms with Crippen LogP contribution >= 0.6 is 12.4 Å². The van der Waals surface area contributed by atoms with Gasteiger partial charge in [0.15, 0.2) is 0 Å². The van der Waals surface area contributed by atoms with Crippen LogP contribution in [0.5, 0.6) is 5.75 Å². The molecule has 1 aromatic rings. The third-order valence-corrected chi connectivity index (χ3v) is 4.72. The summed E-state index contributed by atoms with van der Waals surface area (Å²) >= 11 is 0. The van der Waals surface area contributed by atoms with E-state index in [1.54, 1.807) is 0 Å². The number of hydrogen-bond acceptors (Lipinski definition) is 3. The lowest BCUT2D eigenvalue weighted by Gasteiger charge is -2.34. The Morgan fingerprint density at radius 1 is 1.17 bits per heavy atom. The number of halogens is 1. The Hall–Kier alpha value is -1.26. The first-order valence-electron chi connectivity index (χ1n) is 8.52. The second-order valence-electron chi connectivity index (χ2n) is 6.45. The molecule has 3 rings (SSSR count).